The van der Waals surface area contributed by atoms with Crippen LogP contribution < -0.4 is 9.80 Å². The van der Waals surface area contributed by atoms with Crippen LogP contribution in [0.5, 0.6) is 0 Å². The standard InChI is InChI=1S/C72H56N4/c1-43-31-37-51(38-32-43)73(61-41-45(3)29-35-47(61)5)57-25-15-27-59-65(57)53-21-13-23-55-67-64(50-19-11-8-12-20-50)72-68(63(49-17-9-7-10-18-49)71(67)75(59)69(53)55)56-24-14-22-54-66-58(26-16-28-60(66)76(72)70(54)56)74(52-39-33-44(2)34-40-52)62-42-46(4)30-36-48(62)6/h7-27,29-42,60H,28H2,1-6H3. The number of hydrogen-bond acceptors (Lipinski definition) is 2. The zero-order chi connectivity index (χ0) is 51.1. The first-order valence-corrected chi connectivity index (χ1v) is 26.9. The molecule has 1 atom stereocenters. The number of fused-ring (bicyclic) bond motifs is 12. The van der Waals surface area contributed by atoms with E-state index in [-0.39, 0.29) is 6.04 Å². The van der Waals surface area contributed by atoms with E-state index in [0.29, 0.717) is 0 Å². The molecule has 0 N–H and O–H groups in total. The van der Waals surface area contributed by atoms with Gasteiger partial charge in [0.25, 0.3) is 0 Å². The van der Waals surface area contributed by atoms with E-state index in [1.54, 1.807) is 0 Å². The van der Waals surface area contributed by atoms with E-state index < -0.39 is 0 Å². The number of aryl methyl sites for hydroxylation is 6. The van der Waals surface area contributed by atoms with Crippen LogP contribution in [0.1, 0.15) is 51.4 Å². The summed E-state index contributed by atoms with van der Waals surface area (Å²) in [5.74, 6) is 0. The van der Waals surface area contributed by atoms with Crippen LogP contribution in [0.3, 0.4) is 0 Å². The first kappa shape index (κ1) is 44.4. The first-order chi connectivity index (χ1) is 37.2. The Labute approximate surface area is 443 Å². The van der Waals surface area contributed by atoms with Gasteiger partial charge in [0.05, 0.1) is 45.0 Å². The molecular formula is C72H56N4. The zero-order valence-electron chi connectivity index (χ0n) is 43.8. The number of rotatable bonds is 8. The quantitative estimate of drug-likeness (QED) is 0.151. The fourth-order valence-electron chi connectivity index (χ4n) is 13.4. The van der Waals surface area contributed by atoms with Crippen LogP contribution in [0.2, 0.25) is 0 Å². The summed E-state index contributed by atoms with van der Waals surface area (Å²) in [6.07, 6.45) is 5.72. The summed E-state index contributed by atoms with van der Waals surface area (Å²) in [5.41, 5.74) is 28.5. The predicted octanol–water partition coefficient (Wildman–Crippen LogP) is 19.7. The highest BCUT2D eigenvalue weighted by atomic mass is 15.2. The highest BCUT2D eigenvalue weighted by Crippen LogP contribution is 2.59. The maximum atomic E-state index is 2.78. The molecule has 0 saturated heterocycles. The van der Waals surface area contributed by atoms with Gasteiger partial charge in [-0.15, -0.1) is 0 Å². The van der Waals surface area contributed by atoms with Gasteiger partial charge in [0.2, 0.25) is 0 Å². The molecule has 0 fully saturated rings. The van der Waals surface area contributed by atoms with E-state index in [1.807, 2.05) is 0 Å². The molecule has 76 heavy (non-hydrogen) atoms. The van der Waals surface area contributed by atoms with Crippen molar-refractivity contribution in [3.63, 3.8) is 0 Å². The molecule has 2 aliphatic rings. The average Bonchev–Trinajstić information content (AvgIpc) is 4.31. The summed E-state index contributed by atoms with van der Waals surface area (Å²) < 4.78 is 5.43. The SMILES string of the molecule is Cc1ccc(N(C2=C3c4cccc5c6c(-c7ccccc7)c7c(c(-c8ccccc8)c6n(c45)C3CC=C2)c2cccc3c4c(N(c5ccc(C)cc5)c5cc(C)ccc5C)cccc4n7c32)c2cc(C)ccc2C)cc1. The number of nitrogens with zero attached hydrogens (tertiary/aromatic N) is 4. The molecule has 4 heteroatoms. The van der Waals surface area contributed by atoms with Crippen molar-refractivity contribution in [2.75, 3.05) is 9.80 Å². The van der Waals surface area contributed by atoms with E-state index in [9.17, 15) is 0 Å². The lowest BCUT2D eigenvalue weighted by molar-refractivity contribution is 0.680. The van der Waals surface area contributed by atoms with Crippen LogP contribution in [0, 0.1) is 41.5 Å². The molecule has 4 heterocycles. The molecule has 3 aromatic heterocycles. The summed E-state index contributed by atoms with van der Waals surface area (Å²) in [5, 5.41) is 7.63. The zero-order valence-corrected chi connectivity index (χ0v) is 43.8. The normalized spacial score (nSPS) is 14.2. The Morgan fingerprint density at radius 3 is 1.55 bits per heavy atom. The number of para-hydroxylation sites is 2. The van der Waals surface area contributed by atoms with Crippen molar-refractivity contribution >= 4 is 93.9 Å². The smallest absolute Gasteiger partial charge is 0.0654 e. The molecule has 15 rings (SSSR count). The first-order valence-electron chi connectivity index (χ1n) is 26.9. The lowest BCUT2D eigenvalue weighted by Crippen LogP contribution is -2.21. The largest absolute Gasteiger partial charge is 0.331 e. The van der Waals surface area contributed by atoms with Crippen LogP contribution in [0.15, 0.2) is 218 Å². The summed E-state index contributed by atoms with van der Waals surface area (Å²) in [7, 11) is 0. The lowest BCUT2D eigenvalue weighted by atomic mass is 9.87. The topological polar surface area (TPSA) is 15.8 Å². The van der Waals surface area contributed by atoms with E-state index >= 15 is 0 Å². The Balaban J connectivity index is 1.11. The lowest BCUT2D eigenvalue weighted by Gasteiger charge is -2.33. The van der Waals surface area contributed by atoms with Gasteiger partial charge in [0, 0.05) is 77.3 Å². The maximum Gasteiger partial charge on any atom is 0.0654 e. The van der Waals surface area contributed by atoms with E-state index in [4.69, 9.17) is 0 Å². The van der Waals surface area contributed by atoms with Crippen LogP contribution in [-0.4, -0.2) is 8.97 Å². The second-order valence-electron chi connectivity index (χ2n) is 21.6. The van der Waals surface area contributed by atoms with Gasteiger partial charge in [-0.2, -0.15) is 0 Å². The van der Waals surface area contributed by atoms with Crippen molar-refractivity contribution < 1.29 is 0 Å². The molecule has 0 bridgehead atoms. The molecule has 13 aromatic rings. The van der Waals surface area contributed by atoms with Gasteiger partial charge in [-0.1, -0.05) is 169 Å². The molecule has 0 radical (unpaired) electrons. The van der Waals surface area contributed by atoms with E-state index in [2.05, 4.69) is 273 Å². The van der Waals surface area contributed by atoms with Gasteiger partial charge in [-0.25, -0.2) is 0 Å². The van der Waals surface area contributed by atoms with Gasteiger partial charge >= 0.3 is 0 Å². The van der Waals surface area contributed by atoms with Crippen LogP contribution in [0.25, 0.3) is 87.7 Å². The van der Waals surface area contributed by atoms with Crippen molar-refractivity contribution in [1.82, 2.24) is 8.97 Å². The molecule has 1 aliphatic carbocycles. The van der Waals surface area contributed by atoms with Crippen molar-refractivity contribution in [3.8, 4) is 22.3 Å². The molecule has 0 spiro atoms. The minimum absolute atomic E-state index is 0.0527. The fraction of sp³-hybridized carbons (Fsp3) is 0.111. The number of benzene rings is 10. The van der Waals surface area contributed by atoms with Crippen molar-refractivity contribution in [1.29, 1.82) is 0 Å². The summed E-state index contributed by atoms with van der Waals surface area (Å²) in [6, 6.07) is 75.6. The van der Waals surface area contributed by atoms with E-state index in [1.165, 1.54) is 149 Å². The minimum atomic E-state index is 0.0527. The van der Waals surface area contributed by atoms with Crippen LogP contribution >= 0.6 is 0 Å². The third-order valence-corrected chi connectivity index (χ3v) is 16.8. The van der Waals surface area contributed by atoms with Gasteiger partial charge in [0.1, 0.15) is 0 Å². The maximum absolute atomic E-state index is 2.78. The summed E-state index contributed by atoms with van der Waals surface area (Å²) in [4.78, 5) is 5.03. The Kier molecular flexibility index (Phi) is 9.75. The number of anilines is 5. The highest BCUT2D eigenvalue weighted by Gasteiger charge is 2.40. The fourth-order valence-corrected chi connectivity index (χ4v) is 13.4. The van der Waals surface area contributed by atoms with Gasteiger partial charge in [-0.05, 0) is 136 Å². The second-order valence-corrected chi connectivity index (χ2v) is 21.6. The number of allylic oxidation sites excluding steroid dienone is 3. The molecule has 10 aromatic carbocycles. The molecule has 0 amide bonds. The number of aromatic nitrogens is 2. The van der Waals surface area contributed by atoms with E-state index in [0.717, 1.165) is 17.8 Å². The van der Waals surface area contributed by atoms with Crippen LogP contribution in [0.4, 0.5) is 28.4 Å². The number of hydrogen-bond donors (Lipinski definition) is 0. The third kappa shape index (κ3) is 6.31. The molecule has 364 valence electrons. The molecule has 0 saturated carbocycles. The second kappa shape index (κ2) is 16.7. The van der Waals surface area contributed by atoms with Crippen molar-refractivity contribution in [2.24, 2.45) is 0 Å². The predicted molar refractivity (Wildman–Crippen MR) is 323 cm³/mol. The molecule has 1 unspecified atom stereocenters. The van der Waals surface area contributed by atoms with Crippen LogP contribution in [-0.2, 0) is 0 Å². The Morgan fingerprint density at radius 2 is 0.921 bits per heavy atom. The van der Waals surface area contributed by atoms with Gasteiger partial charge in [-0.3, -0.25) is 0 Å². The van der Waals surface area contributed by atoms with Crippen molar-refractivity contribution in [2.45, 2.75) is 54.0 Å². The molecular weight excluding hydrogens is 921 g/mol. The van der Waals surface area contributed by atoms with Gasteiger partial charge < -0.3 is 18.8 Å². The highest BCUT2D eigenvalue weighted by molar-refractivity contribution is 6.37. The molecule has 1 aliphatic heterocycles. The minimum Gasteiger partial charge on any atom is -0.331 e. The Bertz CT molecular complexity index is 4590. The Hall–Kier alpha value is -9.12. The Morgan fingerprint density at radius 1 is 0.408 bits per heavy atom. The monoisotopic (exact) mass is 976 g/mol. The summed E-state index contributed by atoms with van der Waals surface area (Å²) >= 11 is 0. The summed E-state index contributed by atoms with van der Waals surface area (Å²) in [6.45, 7) is 13.2. The third-order valence-electron chi connectivity index (χ3n) is 16.8. The van der Waals surface area contributed by atoms with Crippen molar-refractivity contribution in [3.05, 3.63) is 257 Å². The van der Waals surface area contributed by atoms with Gasteiger partial charge in [0.15, 0.2) is 0 Å². The molecule has 4 nitrogen and oxygen atoms in total. The average molecular weight is 977 g/mol.